The van der Waals surface area contributed by atoms with Crippen LogP contribution in [-0.2, 0) is 29.1 Å². The third-order valence-corrected chi connectivity index (χ3v) is 5.03. The molecule has 0 aromatic carbocycles. The van der Waals surface area contributed by atoms with Gasteiger partial charge in [0.1, 0.15) is 12.2 Å². The van der Waals surface area contributed by atoms with Gasteiger partial charge in [0.2, 0.25) is 0 Å². The van der Waals surface area contributed by atoms with E-state index in [1.807, 2.05) is 27.7 Å². The largest absolute Gasteiger partial charge is 0.345 e. The molecule has 6 nitrogen and oxygen atoms in total. The Morgan fingerprint density at radius 2 is 1.00 bits per heavy atom. The molecule has 0 aliphatic heterocycles. The maximum Gasteiger partial charge on any atom is 0.345 e. The molecule has 0 spiro atoms. The zero-order valence-electron chi connectivity index (χ0n) is 18.8. The van der Waals surface area contributed by atoms with Gasteiger partial charge in [0.25, 0.3) is 0 Å². The topological polar surface area (TPSA) is 71.1 Å². The second-order valence-electron chi connectivity index (χ2n) is 7.69. The summed E-state index contributed by atoms with van der Waals surface area (Å²) in [5.74, 6) is -0.793. The van der Waals surface area contributed by atoms with Gasteiger partial charge in [-0.3, -0.25) is 9.78 Å². The lowest BCUT2D eigenvalue weighted by molar-refractivity contribution is -0.309. The first kappa shape index (κ1) is 26.9. The Kier molecular flexibility index (Phi) is 16.1. The SMILES string of the molecule is CCCCC(CC)C(=O)OOC(C)CCC(C)OOC(=O)C(CC)CCCC. The molecule has 0 saturated carbocycles. The van der Waals surface area contributed by atoms with Crippen LogP contribution in [0, 0.1) is 11.8 Å². The molecule has 4 atom stereocenters. The molecule has 0 aromatic heterocycles. The summed E-state index contributed by atoms with van der Waals surface area (Å²) in [6, 6.07) is 0. The molecule has 0 fully saturated rings. The Bertz CT molecular complexity index is 374. The molecule has 0 amide bonds. The van der Waals surface area contributed by atoms with Crippen molar-refractivity contribution in [3.8, 4) is 0 Å². The van der Waals surface area contributed by atoms with Crippen molar-refractivity contribution in [1.29, 1.82) is 0 Å². The van der Waals surface area contributed by atoms with Crippen molar-refractivity contribution < 1.29 is 29.1 Å². The zero-order valence-corrected chi connectivity index (χ0v) is 18.8. The molecule has 0 bridgehead atoms. The highest BCUT2D eigenvalue weighted by Gasteiger charge is 2.21. The number of hydrogen-bond acceptors (Lipinski definition) is 6. The second-order valence-corrected chi connectivity index (χ2v) is 7.69. The first-order valence-electron chi connectivity index (χ1n) is 11.1. The second kappa shape index (κ2) is 16.8. The predicted octanol–water partition coefficient (Wildman–Crippen LogP) is 5.93. The van der Waals surface area contributed by atoms with Crippen LogP contribution in [0.15, 0.2) is 0 Å². The van der Waals surface area contributed by atoms with E-state index in [0.717, 1.165) is 51.4 Å². The lowest BCUT2D eigenvalue weighted by Gasteiger charge is -2.18. The lowest BCUT2D eigenvalue weighted by atomic mass is 10.00. The van der Waals surface area contributed by atoms with Crippen LogP contribution >= 0.6 is 0 Å². The van der Waals surface area contributed by atoms with E-state index in [0.29, 0.717) is 12.8 Å². The molecule has 0 aromatic rings. The summed E-state index contributed by atoms with van der Waals surface area (Å²) in [7, 11) is 0. The van der Waals surface area contributed by atoms with Crippen LogP contribution in [0.1, 0.15) is 106 Å². The Balaban J connectivity index is 4.06. The number of carbonyl (C=O) groups excluding carboxylic acids is 2. The number of rotatable bonds is 17. The van der Waals surface area contributed by atoms with Gasteiger partial charge in [0, 0.05) is 0 Å². The minimum Gasteiger partial charge on any atom is -0.298 e. The molecule has 0 N–H and O–H groups in total. The minimum absolute atomic E-state index is 0.104. The van der Waals surface area contributed by atoms with Crippen LogP contribution in [-0.4, -0.2) is 24.1 Å². The van der Waals surface area contributed by atoms with E-state index in [1.54, 1.807) is 0 Å². The maximum absolute atomic E-state index is 12.0. The van der Waals surface area contributed by atoms with Crippen LogP contribution in [0.5, 0.6) is 0 Å². The summed E-state index contributed by atoms with van der Waals surface area (Å²) < 4.78 is 0. The van der Waals surface area contributed by atoms with Gasteiger partial charge >= 0.3 is 11.9 Å². The molecule has 0 rings (SSSR count). The van der Waals surface area contributed by atoms with Gasteiger partial charge in [-0.1, -0.05) is 53.4 Å². The summed E-state index contributed by atoms with van der Waals surface area (Å²) in [6.07, 6.45) is 8.06. The molecule has 4 unspecified atom stereocenters. The number of unbranched alkanes of at least 4 members (excludes halogenated alkanes) is 2. The van der Waals surface area contributed by atoms with Crippen molar-refractivity contribution in [1.82, 2.24) is 0 Å². The Hall–Kier alpha value is -1.14. The van der Waals surface area contributed by atoms with Gasteiger partial charge in [-0.2, -0.15) is 9.78 Å². The highest BCUT2D eigenvalue weighted by Crippen LogP contribution is 2.17. The third kappa shape index (κ3) is 12.3. The standard InChI is InChI=1S/C22H42O6/c1-7-11-13-19(9-3)21(23)27-25-17(5)15-16-18(6)26-28-22(24)20(10-4)14-12-8-2/h17-20H,7-16H2,1-6H3. The molecule has 28 heavy (non-hydrogen) atoms. The Morgan fingerprint density at radius 1 is 0.643 bits per heavy atom. The van der Waals surface area contributed by atoms with Crippen molar-refractivity contribution in [3.05, 3.63) is 0 Å². The fraction of sp³-hybridized carbons (Fsp3) is 0.909. The van der Waals surface area contributed by atoms with Gasteiger partial charge in [-0.15, -0.1) is 0 Å². The average Bonchev–Trinajstić information content (AvgIpc) is 2.70. The number of hydrogen-bond donors (Lipinski definition) is 0. The van der Waals surface area contributed by atoms with Crippen LogP contribution in [0.3, 0.4) is 0 Å². The van der Waals surface area contributed by atoms with Crippen molar-refractivity contribution >= 4 is 11.9 Å². The summed E-state index contributed by atoms with van der Waals surface area (Å²) in [6.45, 7) is 11.9. The van der Waals surface area contributed by atoms with Crippen molar-refractivity contribution in [2.75, 3.05) is 0 Å². The molecule has 0 saturated heterocycles. The average molecular weight is 403 g/mol. The first-order chi connectivity index (χ1) is 13.4. The molecule has 0 heterocycles. The van der Waals surface area contributed by atoms with E-state index in [1.165, 1.54) is 0 Å². The zero-order chi connectivity index (χ0) is 21.4. The molecule has 0 aliphatic rings. The van der Waals surface area contributed by atoms with Crippen LogP contribution in [0.25, 0.3) is 0 Å². The molecule has 166 valence electrons. The quantitative estimate of drug-likeness (QED) is 0.222. The van der Waals surface area contributed by atoms with Gasteiger partial charge in [0.05, 0.1) is 11.8 Å². The van der Waals surface area contributed by atoms with Crippen LogP contribution in [0.4, 0.5) is 0 Å². The van der Waals surface area contributed by atoms with Gasteiger partial charge in [0.15, 0.2) is 0 Å². The molecule has 0 aliphatic carbocycles. The van der Waals surface area contributed by atoms with E-state index in [-0.39, 0.29) is 36.0 Å². The highest BCUT2D eigenvalue weighted by molar-refractivity contribution is 5.72. The Morgan fingerprint density at radius 3 is 1.29 bits per heavy atom. The van der Waals surface area contributed by atoms with Crippen molar-refractivity contribution in [2.24, 2.45) is 11.8 Å². The summed E-state index contributed by atoms with van der Waals surface area (Å²) in [5.41, 5.74) is 0. The van der Waals surface area contributed by atoms with E-state index < -0.39 is 0 Å². The highest BCUT2D eigenvalue weighted by atomic mass is 17.2. The third-order valence-electron chi connectivity index (χ3n) is 5.03. The monoisotopic (exact) mass is 402 g/mol. The normalized spacial score (nSPS) is 15.5. The molecule has 6 heteroatoms. The van der Waals surface area contributed by atoms with Crippen LogP contribution < -0.4 is 0 Å². The molecular weight excluding hydrogens is 360 g/mol. The summed E-state index contributed by atoms with van der Waals surface area (Å²) in [4.78, 5) is 44.5. The number of carbonyl (C=O) groups is 2. The Labute approximate surface area is 171 Å². The first-order valence-corrected chi connectivity index (χ1v) is 11.1. The summed E-state index contributed by atoms with van der Waals surface area (Å²) >= 11 is 0. The summed E-state index contributed by atoms with van der Waals surface area (Å²) in [5, 5.41) is 0. The fourth-order valence-corrected chi connectivity index (χ4v) is 2.84. The fourth-order valence-electron chi connectivity index (χ4n) is 2.84. The van der Waals surface area contributed by atoms with Gasteiger partial charge in [-0.05, 0) is 52.4 Å². The van der Waals surface area contributed by atoms with Crippen molar-refractivity contribution in [2.45, 2.75) is 118 Å². The van der Waals surface area contributed by atoms with Crippen molar-refractivity contribution in [3.63, 3.8) is 0 Å². The lowest BCUT2D eigenvalue weighted by Crippen LogP contribution is -2.23. The smallest absolute Gasteiger partial charge is 0.298 e. The molecule has 0 radical (unpaired) electrons. The van der Waals surface area contributed by atoms with E-state index in [4.69, 9.17) is 19.6 Å². The predicted molar refractivity (Wildman–Crippen MR) is 109 cm³/mol. The van der Waals surface area contributed by atoms with Crippen LogP contribution in [0.2, 0.25) is 0 Å². The van der Waals surface area contributed by atoms with Gasteiger partial charge < -0.3 is 0 Å². The maximum atomic E-state index is 12.0. The van der Waals surface area contributed by atoms with Gasteiger partial charge in [-0.25, -0.2) is 9.59 Å². The minimum atomic E-state index is -0.293. The van der Waals surface area contributed by atoms with E-state index >= 15 is 0 Å². The molecular formula is C22H42O6. The van der Waals surface area contributed by atoms with E-state index in [9.17, 15) is 9.59 Å². The van der Waals surface area contributed by atoms with E-state index in [2.05, 4.69) is 13.8 Å².